The van der Waals surface area contributed by atoms with E-state index >= 15 is 0 Å². The van der Waals surface area contributed by atoms with Crippen LogP contribution in [0.2, 0.25) is 0 Å². The van der Waals surface area contributed by atoms with Crippen molar-refractivity contribution >= 4 is 11.0 Å². The Hall–Kier alpha value is -3.16. The summed E-state index contributed by atoms with van der Waals surface area (Å²) in [6.07, 6.45) is 2.70. The lowest BCUT2D eigenvalue weighted by Crippen LogP contribution is -2.06. The second kappa shape index (κ2) is 5.98. The highest BCUT2D eigenvalue weighted by Crippen LogP contribution is 2.29. The summed E-state index contributed by atoms with van der Waals surface area (Å²) in [5, 5.41) is 8.47. The van der Waals surface area contributed by atoms with Crippen LogP contribution < -0.4 is 0 Å². The van der Waals surface area contributed by atoms with Gasteiger partial charge in [-0.2, -0.15) is 23.4 Å². The van der Waals surface area contributed by atoms with Gasteiger partial charge in [0.05, 0.1) is 30.0 Å². The number of benzene rings is 1. The number of hydrogen-bond donors (Lipinski definition) is 0. The average Bonchev–Trinajstić information content (AvgIpc) is 3.21. The van der Waals surface area contributed by atoms with Crippen LogP contribution in [-0.2, 0) is 19.8 Å². The van der Waals surface area contributed by atoms with Gasteiger partial charge in [0.2, 0.25) is 0 Å². The molecule has 0 aliphatic heterocycles. The first kappa shape index (κ1) is 16.3. The van der Waals surface area contributed by atoms with Crippen LogP contribution in [0.5, 0.6) is 0 Å². The van der Waals surface area contributed by atoms with E-state index in [1.165, 1.54) is 12.1 Å². The quantitative estimate of drug-likeness (QED) is 0.559. The molecule has 0 aliphatic rings. The Kier molecular flexibility index (Phi) is 3.75. The second-order valence-corrected chi connectivity index (χ2v) is 6.03. The fourth-order valence-corrected chi connectivity index (χ4v) is 2.78. The van der Waals surface area contributed by atoms with Crippen molar-refractivity contribution in [3.05, 3.63) is 66.2 Å². The Morgan fingerprint density at radius 2 is 1.73 bits per heavy atom. The largest absolute Gasteiger partial charge is 0.416 e. The summed E-state index contributed by atoms with van der Waals surface area (Å²) < 4.78 is 41.5. The summed E-state index contributed by atoms with van der Waals surface area (Å²) in [5.74, 6) is 0. The summed E-state index contributed by atoms with van der Waals surface area (Å²) >= 11 is 0. The van der Waals surface area contributed by atoms with Crippen LogP contribution >= 0.6 is 0 Å². The number of rotatable bonds is 3. The Balaban J connectivity index is 1.66. The van der Waals surface area contributed by atoms with Gasteiger partial charge in [0.1, 0.15) is 5.52 Å². The van der Waals surface area contributed by atoms with Crippen molar-refractivity contribution in [3.8, 4) is 11.1 Å². The maximum Gasteiger partial charge on any atom is 0.416 e. The van der Waals surface area contributed by atoms with E-state index in [2.05, 4.69) is 15.2 Å². The zero-order valence-corrected chi connectivity index (χ0v) is 13.8. The predicted octanol–water partition coefficient (Wildman–Crippen LogP) is 3.90. The molecule has 0 saturated heterocycles. The lowest BCUT2D eigenvalue weighted by molar-refractivity contribution is -0.137. The van der Waals surface area contributed by atoms with Gasteiger partial charge >= 0.3 is 6.18 Å². The first-order chi connectivity index (χ1) is 12.4. The molecule has 5 nitrogen and oxygen atoms in total. The summed E-state index contributed by atoms with van der Waals surface area (Å²) in [7, 11) is 1.84. The number of hydrogen-bond acceptors (Lipinski definition) is 3. The standard InChI is InChI=1S/C18H14F3N5/c1-25-11-14(8-23-25)13-6-17-16(22-7-13)9-24-26(17)10-12-2-4-15(5-3-12)18(19,20)21/h2-9,11H,10H2,1H3. The fourth-order valence-electron chi connectivity index (χ4n) is 2.78. The number of nitrogens with zero attached hydrogens (tertiary/aromatic N) is 5. The Morgan fingerprint density at radius 1 is 0.962 bits per heavy atom. The molecule has 0 radical (unpaired) electrons. The van der Waals surface area contributed by atoms with Gasteiger partial charge in [-0.3, -0.25) is 14.3 Å². The first-order valence-corrected chi connectivity index (χ1v) is 7.87. The van der Waals surface area contributed by atoms with E-state index < -0.39 is 11.7 Å². The Morgan fingerprint density at radius 3 is 2.38 bits per heavy atom. The summed E-state index contributed by atoms with van der Waals surface area (Å²) in [5.41, 5.74) is 3.45. The van der Waals surface area contributed by atoms with E-state index in [-0.39, 0.29) is 0 Å². The smallest absolute Gasteiger partial charge is 0.275 e. The average molecular weight is 357 g/mol. The van der Waals surface area contributed by atoms with Crippen LogP contribution in [0, 0.1) is 0 Å². The molecule has 26 heavy (non-hydrogen) atoms. The highest BCUT2D eigenvalue weighted by Gasteiger charge is 2.29. The van der Waals surface area contributed by atoms with Gasteiger partial charge in [0, 0.05) is 30.6 Å². The lowest BCUT2D eigenvalue weighted by atomic mass is 10.1. The molecule has 4 rings (SSSR count). The van der Waals surface area contributed by atoms with Crippen molar-refractivity contribution in [3.63, 3.8) is 0 Å². The number of alkyl halides is 3. The maximum absolute atomic E-state index is 12.7. The molecule has 0 amide bonds. The van der Waals surface area contributed by atoms with Gasteiger partial charge in [0.15, 0.2) is 0 Å². The third-order valence-electron chi connectivity index (χ3n) is 4.15. The zero-order valence-electron chi connectivity index (χ0n) is 13.8. The monoisotopic (exact) mass is 357 g/mol. The van der Waals surface area contributed by atoms with E-state index in [1.54, 1.807) is 28.0 Å². The number of pyridine rings is 1. The van der Waals surface area contributed by atoms with Crippen molar-refractivity contribution < 1.29 is 13.2 Å². The zero-order chi connectivity index (χ0) is 18.3. The van der Waals surface area contributed by atoms with Gasteiger partial charge in [-0.05, 0) is 23.8 Å². The minimum Gasteiger partial charge on any atom is -0.275 e. The SMILES string of the molecule is Cn1cc(-c2cnc3cnn(Cc4ccc(C(F)(F)F)cc4)c3c2)cn1. The van der Waals surface area contributed by atoms with Crippen LogP contribution in [0.25, 0.3) is 22.2 Å². The normalized spacial score (nSPS) is 12.0. The van der Waals surface area contributed by atoms with Gasteiger partial charge in [-0.25, -0.2) is 0 Å². The molecule has 0 fully saturated rings. The van der Waals surface area contributed by atoms with E-state index in [4.69, 9.17) is 0 Å². The highest BCUT2D eigenvalue weighted by molar-refractivity contribution is 5.80. The molecule has 1 aromatic carbocycles. The lowest BCUT2D eigenvalue weighted by Gasteiger charge is -2.08. The molecular weight excluding hydrogens is 343 g/mol. The topological polar surface area (TPSA) is 48.5 Å². The molecule has 0 unspecified atom stereocenters. The molecule has 0 N–H and O–H groups in total. The van der Waals surface area contributed by atoms with Crippen molar-refractivity contribution in [2.75, 3.05) is 0 Å². The van der Waals surface area contributed by atoms with Crippen molar-refractivity contribution in [1.82, 2.24) is 24.5 Å². The van der Waals surface area contributed by atoms with Crippen molar-refractivity contribution in [2.45, 2.75) is 12.7 Å². The molecule has 3 heterocycles. The number of fused-ring (bicyclic) bond motifs is 1. The Bertz CT molecular complexity index is 1060. The summed E-state index contributed by atoms with van der Waals surface area (Å²) in [6, 6.07) is 7.06. The van der Waals surface area contributed by atoms with E-state index in [0.29, 0.717) is 6.54 Å². The minimum absolute atomic E-state index is 0.361. The van der Waals surface area contributed by atoms with Crippen molar-refractivity contribution in [1.29, 1.82) is 0 Å². The molecule has 0 atom stereocenters. The summed E-state index contributed by atoms with van der Waals surface area (Å²) in [4.78, 5) is 4.41. The third kappa shape index (κ3) is 3.05. The molecular formula is C18H14F3N5. The Labute approximate surface area is 146 Å². The third-order valence-corrected chi connectivity index (χ3v) is 4.15. The maximum atomic E-state index is 12.7. The molecule has 0 saturated carbocycles. The molecule has 8 heteroatoms. The molecule has 0 aliphatic carbocycles. The van der Waals surface area contributed by atoms with Crippen molar-refractivity contribution in [2.24, 2.45) is 7.05 Å². The summed E-state index contributed by atoms with van der Waals surface area (Å²) in [6.45, 7) is 0.361. The van der Waals surface area contributed by atoms with E-state index in [1.807, 2.05) is 19.3 Å². The number of halogens is 3. The first-order valence-electron chi connectivity index (χ1n) is 7.87. The number of aryl methyl sites for hydroxylation is 1. The van der Waals surface area contributed by atoms with Crippen LogP contribution in [0.15, 0.2) is 55.1 Å². The van der Waals surface area contributed by atoms with Gasteiger partial charge in [-0.15, -0.1) is 0 Å². The van der Waals surface area contributed by atoms with Crippen LogP contribution in [0.4, 0.5) is 13.2 Å². The van der Waals surface area contributed by atoms with Crippen LogP contribution in [0.3, 0.4) is 0 Å². The van der Waals surface area contributed by atoms with E-state index in [9.17, 15) is 13.2 Å². The van der Waals surface area contributed by atoms with Gasteiger partial charge in [0.25, 0.3) is 0 Å². The highest BCUT2D eigenvalue weighted by atomic mass is 19.4. The van der Waals surface area contributed by atoms with Crippen LogP contribution in [0.1, 0.15) is 11.1 Å². The molecule has 0 bridgehead atoms. The van der Waals surface area contributed by atoms with E-state index in [0.717, 1.165) is 39.9 Å². The predicted molar refractivity (Wildman–Crippen MR) is 90.3 cm³/mol. The van der Waals surface area contributed by atoms with Crippen LogP contribution in [-0.4, -0.2) is 24.5 Å². The second-order valence-electron chi connectivity index (χ2n) is 6.03. The molecule has 3 aromatic heterocycles. The number of aromatic nitrogens is 5. The minimum atomic E-state index is -4.33. The molecule has 0 spiro atoms. The molecule has 4 aromatic rings. The fraction of sp³-hybridized carbons (Fsp3) is 0.167. The van der Waals surface area contributed by atoms with Gasteiger partial charge < -0.3 is 0 Å². The molecule has 132 valence electrons. The van der Waals surface area contributed by atoms with Gasteiger partial charge in [-0.1, -0.05) is 12.1 Å².